The average Bonchev–Trinajstić information content (AvgIpc) is 1.68. The van der Waals surface area contributed by atoms with Gasteiger partial charge in [0, 0.05) is 5.92 Å². The summed E-state index contributed by atoms with van der Waals surface area (Å²) in [7, 11) is 0. The molecule has 2 amide bonds. The zero-order chi connectivity index (χ0) is 7.86. The molecule has 4 N–H and O–H groups in total. The number of hydrogen-bond acceptors (Lipinski definition) is 2. The van der Waals surface area contributed by atoms with Crippen LogP contribution in [-0.2, 0) is 9.59 Å². The first-order valence-electron chi connectivity index (χ1n) is 2.51. The van der Waals surface area contributed by atoms with Crippen LogP contribution in [0.1, 0.15) is 13.8 Å². The van der Waals surface area contributed by atoms with Crippen molar-refractivity contribution in [1.82, 2.24) is 0 Å². The number of rotatable bonds is 1. The molecule has 0 aliphatic carbocycles. The van der Waals surface area contributed by atoms with Crippen LogP contribution in [0.5, 0.6) is 0 Å². The second-order valence-corrected chi connectivity index (χ2v) is 1.69. The highest BCUT2D eigenvalue weighted by Gasteiger charge is 1.96. The first kappa shape index (κ1) is 10.8. The number of hydrogen-bond donors (Lipinski definition) is 2. The van der Waals surface area contributed by atoms with Gasteiger partial charge < -0.3 is 11.5 Å². The lowest BCUT2D eigenvalue weighted by atomic mass is 10.2. The van der Waals surface area contributed by atoms with Crippen LogP contribution in [0.3, 0.4) is 0 Å². The minimum atomic E-state index is -0.241. The van der Waals surface area contributed by atoms with Crippen molar-refractivity contribution in [2.75, 3.05) is 0 Å². The zero-order valence-electron chi connectivity index (χ0n) is 5.63. The number of amides is 2. The third-order valence-electron chi connectivity index (χ3n) is 0.569. The number of nitrogens with two attached hydrogens (primary N) is 2. The first-order chi connectivity index (χ1) is 4.06. The second kappa shape index (κ2) is 6.94. The van der Waals surface area contributed by atoms with Gasteiger partial charge in [0.2, 0.25) is 12.3 Å². The molecule has 0 fully saturated rings. The van der Waals surface area contributed by atoms with Gasteiger partial charge in [-0.15, -0.1) is 0 Å². The molecule has 0 aromatic heterocycles. The average molecular weight is 132 g/mol. The van der Waals surface area contributed by atoms with Crippen LogP contribution in [0, 0.1) is 5.92 Å². The van der Waals surface area contributed by atoms with E-state index >= 15 is 0 Å². The normalized spacial score (nSPS) is 7.44. The summed E-state index contributed by atoms with van der Waals surface area (Å²) < 4.78 is 0. The van der Waals surface area contributed by atoms with Gasteiger partial charge in [0.15, 0.2) is 0 Å². The van der Waals surface area contributed by atoms with Crippen LogP contribution in [0.15, 0.2) is 0 Å². The molecule has 0 rings (SSSR count). The van der Waals surface area contributed by atoms with E-state index in [-0.39, 0.29) is 18.2 Å². The standard InChI is InChI=1S/C4H9NO.CH3NO/c1-3(2)4(5)6;2-1-3/h3H,1-2H3,(H2,5,6);1H,(H2,2,3). The van der Waals surface area contributed by atoms with E-state index < -0.39 is 0 Å². The molecule has 0 atom stereocenters. The van der Waals surface area contributed by atoms with Gasteiger partial charge in [0.25, 0.3) is 0 Å². The smallest absolute Gasteiger partial charge is 0.219 e. The van der Waals surface area contributed by atoms with Crippen molar-refractivity contribution in [3.8, 4) is 0 Å². The number of primary amides is 2. The lowest BCUT2D eigenvalue weighted by molar-refractivity contribution is -0.120. The highest BCUT2D eigenvalue weighted by Crippen LogP contribution is 1.84. The maximum atomic E-state index is 9.92. The molecule has 0 saturated heterocycles. The predicted molar refractivity (Wildman–Crippen MR) is 34.3 cm³/mol. The van der Waals surface area contributed by atoms with E-state index in [4.69, 9.17) is 10.5 Å². The third-order valence-corrected chi connectivity index (χ3v) is 0.569. The van der Waals surface area contributed by atoms with E-state index in [0.29, 0.717) is 0 Å². The topological polar surface area (TPSA) is 86.2 Å². The predicted octanol–water partition coefficient (Wildman–Crippen LogP) is -0.771. The monoisotopic (exact) mass is 132 g/mol. The van der Waals surface area contributed by atoms with Gasteiger partial charge in [-0.05, 0) is 0 Å². The van der Waals surface area contributed by atoms with Gasteiger partial charge in [-0.1, -0.05) is 13.8 Å². The minimum absolute atomic E-state index is 0.00926. The second-order valence-electron chi connectivity index (χ2n) is 1.69. The van der Waals surface area contributed by atoms with Crippen molar-refractivity contribution in [3.63, 3.8) is 0 Å². The molecule has 9 heavy (non-hydrogen) atoms. The fraction of sp³-hybridized carbons (Fsp3) is 0.600. The molecule has 4 heteroatoms. The lowest BCUT2D eigenvalue weighted by Gasteiger charge is -1.90. The Balaban J connectivity index is 0. The van der Waals surface area contributed by atoms with E-state index in [0.717, 1.165) is 0 Å². The summed E-state index contributed by atoms with van der Waals surface area (Å²) >= 11 is 0. The van der Waals surface area contributed by atoms with Crippen molar-refractivity contribution in [2.24, 2.45) is 17.4 Å². The molecule has 0 spiro atoms. The summed E-state index contributed by atoms with van der Waals surface area (Å²) in [5.74, 6) is -0.250. The van der Waals surface area contributed by atoms with Crippen LogP contribution in [0.4, 0.5) is 0 Å². The van der Waals surface area contributed by atoms with Crippen molar-refractivity contribution in [1.29, 1.82) is 0 Å². The number of carbonyl (C=O) groups is 2. The van der Waals surface area contributed by atoms with Crippen LogP contribution >= 0.6 is 0 Å². The van der Waals surface area contributed by atoms with Crippen LogP contribution in [0.25, 0.3) is 0 Å². The molecule has 0 aliphatic rings. The summed E-state index contributed by atoms with van der Waals surface area (Å²) in [6.45, 7) is 3.53. The van der Waals surface area contributed by atoms with Crippen LogP contribution in [0.2, 0.25) is 0 Å². The van der Waals surface area contributed by atoms with Crippen LogP contribution in [-0.4, -0.2) is 12.3 Å². The minimum Gasteiger partial charge on any atom is -0.372 e. The highest BCUT2D eigenvalue weighted by molar-refractivity contribution is 5.75. The highest BCUT2D eigenvalue weighted by atomic mass is 16.1. The molecule has 0 aromatic carbocycles. The molecule has 0 aromatic rings. The molecule has 0 saturated carbocycles. The van der Waals surface area contributed by atoms with E-state index in [1.165, 1.54) is 0 Å². The molecule has 0 bridgehead atoms. The van der Waals surface area contributed by atoms with E-state index in [1.807, 2.05) is 0 Å². The molecular weight excluding hydrogens is 120 g/mol. The Morgan fingerprint density at radius 1 is 1.56 bits per heavy atom. The molecular formula is C5H12N2O2. The third kappa shape index (κ3) is 19.6. The molecule has 0 unspecified atom stereocenters. The van der Waals surface area contributed by atoms with Crippen LogP contribution < -0.4 is 11.5 Å². The summed E-state index contributed by atoms with van der Waals surface area (Å²) in [5, 5.41) is 0. The SMILES string of the molecule is CC(C)C(N)=O.NC=O. The molecule has 4 nitrogen and oxygen atoms in total. The van der Waals surface area contributed by atoms with Crippen molar-refractivity contribution < 1.29 is 9.59 Å². The Bertz CT molecular complexity index is 91.0. The number of carbonyl (C=O) groups excluding carboxylic acids is 2. The Morgan fingerprint density at radius 3 is 1.67 bits per heavy atom. The van der Waals surface area contributed by atoms with E-state index in [2.05, 4.69) is 5.73 Å². The molecule has 0 aliphatic heterocycles. The van der Waals surface area contributed by atoms with Gasteiger partial charge in [-0.3, -0.25) is 9.59 Å². The van der Waals surface area contributed by atoms with Gasteiger partial charge in [-0.25, -0.2) is 0 Å². The Labute approximate surface area is 54.2 Å². The van der Waals surface area contributed by atoms with Crippen molar-refractivity contribution in [3.05, 3.63) is 0 Å². The van der Waals surface area contributed by atoms with Gasteiger partial charge in [-0.2, -0.15) is 0 Å². The maximum Gasteiger partial charge on any atom is 0.219 e. The largest absolute Gasteiger partial charge is 0.372 e. The summed E-state index contributed by atoms with van der Waals surface area (Å²) in [6, 6.07) is 0. The van der Waals surface area contributed by atoms with Crippen molar-refractivity contribution in [2.45, 2.75) is 13.8 Å². The maximum absolute atomic E-state index is 9.92. The summed E-state index contributed by atoms with van der Waals surface area (Å²) in [6.07, 6.45) is 0.250. The Morgan fingerprint density at radius 2 is 1.67 bits per heavy atom. The lowest BCUT2D eigenvalue weighted by Crippen LogP contribution is -2.17. The van der Waals surface area contributed by atoms with Gasteiger partial charge >= 0.3 is 0 Å². The van der Waals surface area contributed by atoms with Crippen molar-refractivity contribution >= 4 is 12.3 Å². The van der Waals surface area contributed by atoms with Gasteiger partial charge in [0.1, 0.15) is 0 Å². The molecule has 0 radical (unpaired) electrons. The Hall–Kier alpha value is -1.06. The van der Waals surface area contributed by atoms with E-state index in [9.17, 15) is 4.79 Å². The fourth-order valence-corrected chi connectivity index (χ4v) is 0. The quantitative estimate of drug-likeness (QED) is 0.459. The molecule has 54 valence electrons. The Kier molecular flexibility index (Phi) is 8.36. The summed E-state index contributed by atoms with van der Waals surface area (Å²) in [5.41, 5.74) is 8.96. The van der Waals surface area contributed by atoms with Gasteiger partial charge in [0.05, 0.1) is 0 Å². The summed E-state index contributed by atoms with van der Waals surface area (Å²) in [4.78, 5) is 18.5. The first-order valence-corrected chi connectivity index (χ1v) is 2.51. The molecule has 0 heterocycles. The van der Waals surface area contributed by atoms with E-state index in [1.54, 1.807) is 13.8 Å². The zero-order valence-corrected chi connectivity index (χ0v) is 5.63. The fourth-order valence-electron chi connectivity index (χ4n) is 0.